The van der Waals surface area contributed by atoms with Gasteiger partial charge >= 0.3 is 5.97 Å². The molecular formula is C11H19N3O2. The molecule has 0 aliphatic carbocycles. The van der Waals surface area contributed by atoms with Crippen LogP contribution in [-0.2, 0) is 4.79 Å². The summed E-state index contributed by atoms with van der Waals surface area (Å²) in [6.45, 7) is 8.21. The van der Waals surface area contributed by atoms with Gasteiger partial charge in [-0.15, -0.1) is 0 Å². The first-order chi connectivity index (χ1) is 7.47. The number of carboxylic acid groups (broad SMARTS) is 1. The van der Waals surface area contributed by atoms with E-state index in [0.29, 0.717) is 6.54 Å². The third-order valence-electron chi connectivity index (χ3n) is 2.60. The Balaban J connectivity index is 2.93. The van der Waals surface area contributed by atoms with Gasteiger partial charge in [0.2, 0.25) is 0 Å². The monoisotopic (exact) mass is 225 g/mol. The number of carbonyl (C=O) groups is 1. The first-order valence-electron chi connectivity index (χ1n) is 5.46. The number of aliphatic carboxylic acids is 1. The molecule has 0 aliphatic heterocycles. The molecule has 0 aromatic carbocycles. The molecule has 0 radical (unpaired) electrons. The van der Waals surface area contributed by atoms with Gasteiger partial charge in [0.15, 0.2) is 0 Å². The lowest BCUT2D eigenvalue weighted by molar-refractivity contribution is -0.140. The Labute approximate surface area is 95.5 Å². The van der Waals surface area contributed by atoms with Crippen LogP contribution in [0.2, 0.25) is 0 Å². The molecule has 2 N–H and O–H groups in total. The highest BCUT2D eigenvalue weighted by atomic mass is 16.4. The van der Waals surface area contributed by atoms with Crippen molar-refractivity contribution >= 4 is 5.97 Å². The van der Waals surface area contributed by atoms with Crippen LogP contribution < -0.4 is 5.32 Å². The Morgan fingerprint density at radius 1 is 1.62 bits per heavy atom. The summed E-state index contributed by atoms with van der Waals surface area (Å²) in [7, 11) is 0. The molecule has 0 saturated heterocycles. The van der Waals surface area contributed by atoms with Crippen molar-refractivity contribution in [1.82, 2.24) is 15.1 Å². The van der Waals surface area contributed by atoms with Crippen molar-refractivity contribution in [1.29, 1.82) is 0 Å². The number of aryl methyl sites for hydroxylation is 2. The lowest BCUT2D eigenvalue weighted by Gasteiger charge is -2.22. The minimum atomic E-state index is -0.845. The summed E-state index contributed by atoms with van der Waals surface area (Å²) in [5, 5.41) is 16.4. The van der Waals surface area contributed by atoms with Gasteiger partial charge in [0, 0.05) is 5.69 Å². The predicted molar refractivity (Wildman–Crippen MR) is 61.5 cm³/mol. The van der Waals surface area contributed by atoms with Crippen molar-refractivity contribution in [2.75, 3.05) is 6.54 Å². The molecule has 2 atom stereocenters. The number of likely N-dealkylation sites (N-methyl/N-ethyl adjacent to an activating group) is 1. The van der Waals surface area contributed by atoms with Crippen LogP contribution in [0.5, 0.6) is 0 Å². The van der Waals surface area contributed by atoms with Crippen molar-refractivity contribution in [2.24, 2.45) is 0 Å². The van der Waals surface area contributed by atoms with Crippen molar-refractivity contribution in [2.45, 2.75) is 39.8 Å². The third-order valence-corrected chi connectivity index (χ3v) is 2.60. The Morgan fingerprint density at radius 3 is 2.62 bits per heavy atom. The molecule has 0 fully saturated rings. The van der Waals surface area contributed by atoms with E-state index in [2.05, 4.69) is 10.4 Å². The molecule has 90 valence electrons. The Bertz CT molecular complexity index is 373. The normalized spacial score (nSPS) is 14.8. The quantitative estimate of drug-likeness (QED) is 0.788. The van der Waals surface area contributed by atoms with Crippen LogP contribution in [0.25, 0.3) is 0 Å². The van der Waals surface area contributed by atoms with E-state index in [-0.39, 0.29) is 6.04 Å². The van der Waals surface area contributed by atoms with Gasteiger partial charge in [-0.1, -0.05) is 6.92 Å². The van der Waals surface area contributed by atoms with Crippen molar-refractivity contribution in [3.05, 3.63) is 17.5 Å². The highest BCUT2D eigenvalue weighted by Gasteiger charge is 2.26. The molecule has 0 amide bonds. The van der Waals surface area contributed by atoms with Crippen molar-refractivity contribution < 1.29 is 9.90 Å². The molecule has 1 rings (SSSR count). The van der Waals surface area contributed by atoms with E-state index in [9.17, 15) is 4.79 Å². The average Bonchev–Trinajstić information content (AvgIpc) is 2.53. The average molecular weight is 225 g/mol. The fraction of sp³-hybridized carbons (Fsp3) is 0.636. The Morgan fingerprint density at radius 2 is 2.25 bits per heavy atom. The number of nitrogens with zero attached hydrogens (tertiary/aromatic N) is 2. The van der Waals surface area contributed by atoms with Gasteiger partial charge < -0.3 is 10.4 Å². The van der Waals surface area contributed by atoms with E-state index in [1.54, 1.807) is 4.68 Å². The fourth-order valence-electron chi connectivity index (χ4n) is 1.88. The van der Waals surface area contributed by atoms with Gasteiger partial charge in [-0.2, -0.15) is 5.10 Å². The zero-order valence-electron chi connectivity index (χ0n) is 10.2. The molecular weight excluding hydrogens is 206 g/mol. The van der Waals surface area contributed by atoms with Crippen LogP contribution >= 0.6 is 0 Å². The maximum Gasteiger partial charge on any atom is 0.322 e. The number of carboxylic acids is 1. The molecule has 5 heteroatoms. The topological polar surface area (TPSA) is 67.2 Å². The van der Waals surface area contributed by atoms with Gasteiger partial charge in [-0.3, -0.25) is 9.48 Å². The van der Waals surface area contributed by atoms with Crippen LogP contribution in [0.15, 0.2) is 6.07 Å². The molecule has 0 bridgehead atoms. The summed E-state index contributed by atoms with van der Waals surface area (Å²) in [4.78, 5) is 11.1. The molecule has 0 spiro atoms. The smallest absolute Gasteiger partial charge is 0.322 e. The molecule has 1 heterocycles. The fourth-order valence-corrected chi connectivity index (χ4v) is 1.88. The van der Waals surface area contributed by atoms with Gasteiger partial charge in [0.05, 0.1) is 11.7 Å². The van der Waals surface area contributed by atoms with Crippen molar-refractivity contribution in [3.63, 3.8) is 0 Å². The lowest BCUT2D eigenvalue weighted by Crippen LogP contribution is -2.43. The molecule has 5 nitrogen and oxygen atoms in total. The summed E-state index contributed by atoms with van der Waals surface area (Å²) < 4.78 is 1.76. The highest BCUT2D eigenvalue weighted by molar-refractivity contribution is 5.74. The summed E-state index contributed by atoms with van der Waals surface area (Å²) in [5.74, 6) is -0.845. The lowest BCUT2D eigenvalue weighted by atomic mass is 10.1. The minimum absolute atomic E-state index is 0.203. The molecule has 16 heavy (non-hydrogen) atoms. The molecule has 2 unspecified atom stereocenters. The van der Waals surface area contributed by atoms with Crippen LogP contribution in [0, 0.1) is 13.8 Å². The maximum atomic E-state index is 11.1. The third kappa shape index (κ3) is 2.61. The van der Waals surface area contributed by atoms with Crippen molar-refractivity contribution in [3.8, 4) is 0 Å². The largest absolute Gasteiger partial charge is 0.480 e. The second-order valence-electron chi connectivity index (χ2n) is 3.99. The summed E-state index contributed by atoms with van der Waals surface area (Å²) in [5.41, 5.74) is 1.89. The minimum Gasteiger partial charge on any atom is -0.480 e. The second-order valence-corrected chi connectivity index (χ2v) is 3.99. The summed E-state index contributed by atoms with van der Waals surface area (Å²) in [6.07, 6.45) is 0. The number of hydrogen-bond acceptors (Lipinski definition) is 3. The van der Waals surface area contributed by atoms with Gasteiger partial charge in [-0.25, -0.2) is 0 Å². The molecule has 1 aromatic heterocycles. The molecule has 0 aliphatic rings. The van der Waals surface area contributed by atoms with Crippen LogP contribution in [0.1, 0.15) is 31.3 Å². The first-order valence-corrected chi connectivity index (χ1v) is 5.46. The number of hydrogen-bond donors (Lipinski definition) is 2. The maximum absolute atomic E-state index is 11.1. The number of nitrogens with one attached hydrogen (secondary N) is 1. The summed E-state index contributed by atoms with van der Waals surface area (Å²) >= 11 is 0. The van der Waals surface area contributed by atoms with Gasteiger partial charge in [0.25, 0.3) is 0 Å². The summed E-state index contributed by atoms with van der Waals surface area (Å²) in [6, 6.07) is 1.13. The second kappa shape index (κ2) is 5.12. The predicted octanol–water partition coefficient (Wildman–Crippen LogP) is 1.12. The van der Waals surface area contributed by atoms with E-state index in [0.717, 1.165) is 11.4 Å². The standard InChI is InChI=1S/C11H19N3O2/c1-5-12-10(11(15)16)9(4)14-8(3)6-7(2)13-14/h6,9-10,12H,5H2,1-4H3,(H,15,16). The van der Waals surface area contributed by atoms with E-state index >= 15 is 0 Å². The van der Waals surface area contributed by atoms with Crippen LogP contribution in [0.4, 0.5) is 0 Å². The molecule has 0 saturated carbocycles. The zero-order chi connectivity index (χ0) is 12.3. The van der Waals surface area contributed by atoms with E-state index in [1.165, 1.54) is 0 Å². The highest BCUT2D eigenvalue weighted by Crippen LogP contribution is 2.14. The zero-order valence-corrected chi connectivity index (χ0v) is 10.2. The van der Waals surface area contributed by atoms with E-state index in [1.807, 2.05) is 33.8 Å². The number of rotatable bonds is 5. The van der Waals surface area contributed by atoms with Gasteiger partial charge in [-0.05, 0) is 33.4 Å². The Kier molecular flexibility index (Phi) is 4.06. The SMILES string of the molecule is CCNC(C(=O)O)C(C)n1nc(C)cc1C. The van der Waals surface area contributed by atoms with Gasteiger partial charge in [0.1, 0.15) is 6.04 Å². The van der Waals surface area contributed by atoms with Crippen LogP contribution in [0.3, 0.4) is 0 Å². The first kappa shape index (κ1) is 12.7. The number of aromatic nitrogens is 2. The molecule has 1 aromatic rings. The van der Waals surface area contributed by atoms with E-state index in [4.69, 9.17) is 5.11 Å². The van der Waals surface area contributed by atoms with Crippen LogP contribution in [-0.4, -0.2) is 33.4 Å². The Hall–Kier alpha value is -1.36. The van der Waals surface area contributed by atoms with E-state index < -0.39 is 12.0 Å².